The molecule has 32 heavy (non-hydrogen) atoms. The molecule has 1 amide bonds. The van der Waals surface area contributed by atoms with E-state index in [4.69, 9.17) is 4.98 Å². The zero-order valence-electron chi connectivity index (χ0n) is 19.2. The minimum atomic E-state index is -0.0154. The number of amides is 1. The van der Waals surface area contributed by atoms with Crippen molar-refractivity contribution in [1.82, 2.24) is 19.8 Å². The zero-order valence-corrected chi connectivity index (χ0v) is 20.0. The number of hydrogen-bond acceptors (Lipinski definition) is 5. The van der Waals surface area contributed by atoms with E-state index in [-0.39, 0.29) is 17.0 Å². The number of carbonyl (C=O) groups excluding carboxylic acids is 1. The fourth-order valence-corrected chi connectivity index (χ4v) is 7.55. The van der Waals surface area contributed by atoms with Crippen LogP contribution in [0.5, 0.6) is 0 Å². The third kappa shape index (κ3) is 4.46. The Bertz CT molecular complexity index is 1030. The number of carbonyl (C=O) groups is 1. The van der Waals surface area contributed by atoms with Gasteiger partial charge in [-0.3, -0.25) is 14.2 Å². The summed E-state index contributed by atoms with van der Waals surface area (Å²) in [6.07, 6.45) is 8.41. The third-order valence-electron chi connectivity index (χ3n) is 7.59. The molecule has 7 heteroatoms. The van der Waals surface area contributed by atoms with E-state index in [1.807, 2.05) is 38.4 Å². The highest BCUT2D eigenvalue weighted by Gasteiger charge is 2.51. The lowest BCUT2D eigenvalue weighted by Crippen LogP contribution is -2.60. The van der Waals surface area contributed by atoms with E-state index in [9.17, 15) is 9.59 Å². The van der Waals surface area contributed by atoms with E-state index >= 15 is 0 Å². The fourth-order valence-electron chi connectivity index (χ4n) is 6.73. The smallest absolute Gasteiger partial charge is 0.262 e. The Hall–Kier alpha value is -1.86. The van der Waals surface area contributed by atoms with E-state index in [1.54, 1.807) is 4.57 Å². The highest BCUT2D eigenvalue weighted by molar-refractivity contribution is 7.99. The van der Waals surface area contributed by atoms with Crippen LogP contribution in [0.2, 0.25) is 0 Å². The first kappa shape index (κ1) is 22.0. The fraction of sp³-hybridized carbons (Fsp3) is 0.640. The van der Waals surface area contributed by atoms with E-state index in [1.165, 1.54) is 31.0 Å². The van der Waals surface area contributed by atoms with Gasteiger partial charge in [-0.05, 0) is 95.5 Å². The van der Waals surface area contributed by atoms with Gasteiger partial charge in [0.1, 0.15) is 0 Å². The van der Waals surface area contributed by atoms with Crippen LogP contribution in [0.3, 0.4) is 0 Å². The molecule has 0 radical (unpaired) electrons. The normalized spacial score (nSPS) is 28.5. The average molecular weight is 455 g/mol. The van der Waals surface area contributed by atoms with Crippen LogP contribution in [0.25, 0.3) is 10.9 Å². The van der Waals surface area contributed by atoms with Gasteiger partial charge in [0.2, 0.25) is 5.91 Å². The molecule has 1 N–H and O–H groups in total. The van der Waals surface area contributed by atoms with Gasteiger partial charge in [-0.2, -0.15) is 0 Å². The second kappa shape index (κ2) is 8.82. The lowest BCUT2D eigenvalue weighted by Gasteiger charge is -2.56. The van der Waals surface area contributed by atoms with E-state index in [0.717, 1.165) is 50.0 Å². The van der Waals surface area contributed by atoms with Gasteiger partial charge in [0.15, 0.2) is 5.16 Å². The lowest BCUT2D eigenvalue weighted by molar-refractivity contribution is -0.124. The van der Waals surface area contributed by atoms with Crippen molar-refractivity contribution in [2.24, 2.45) is 17.8 Å². The van der Waals surface area contributed by atoms with Crippen LogP contribution < -0.4 is 10.9 Å². The molecule has 4 aliphatic rings. The van der Waals surface area contributed by atoms with E-state index < -0.39 is 0 Å². The predicted octanol–water partition coefficient (Wildman–Crippen LogP) is 3.53. The van der Waals surface area contributed by atoms with Crippen molar-refractivity contribution in [3.63, 3.8) is 0 Å². The second-order valence-corrected chi connectivity index (χ2v) is 11.5. The Morgan fingerprint density at radius 1 is 1.16 bits per heavy atom. The number of nitrogens with one attached hydrogen (secondary N) is 1. The topological polar surface area (TPSA) is 67.2 Å². The number of para-hydroxylation sites is 1. The Kier molecular flexibility index (Phi) is 6.05. The Balaban J connectivity index is 1.31. The van der Waals surface area contributed by atoms with Gasteiger partial charge < -0.3 is 10.2 Å². The summed E-state index contributed by atoms with van der Waals surface area (Å²) in [5.74, 6) is 2.80. The molecule has 4 saturated carbocycles. The first-order valence-electron chi connectivity index (χ1n) is 12.0. The summed E-state index contributed by atoms with van der Waals surface area (Å²) in [7, 11) is 4.07. The summed E-state index contributed by atoms with van der Waals surface area (Å²) >= 11 is 1.40. The Labute approximate surface area is 194 Å². The summed E-state index contributed by atoms with van der Waals surface area (Å²) in [4.78, 5) is 33.1. The van der Waals surface area contributed by atoms with Crippen molar-refractivity contribution in [1.29, 1.82) is 0 Å². The number of hydrogen-bond donors (Lipinski definition) is 1. The molecule has 4 fully saturated rings. The number of rotatable bonds is 8. The summed E-state index contributed by atoms with van der Waals surface area (Å²) in [5.41, 5.74) is 0.706. The van der Waals surface area contributed by atoms with Gasteiger partial charge in [-0.1, -0.05) is 23.9 Å². The average Bonchev–Trinajstić information content (AvgIpc) is 2.72. The molecule has 1 heterocycles. The van der Waals surface area contributed by atoms with Crippen molar-refractivity contribution in [2.75, 3.05) is 26.4 Å². The molecule has 4 bridgehead atoms. The molecule has 2 aromatic rings. The summed E-state index contributed by atoms with van der Waals surface area (Å²) in [6, 6.07) is 7.49. The molecule has 172 valence electrons. The summed E-state index contributed by atoms with van der Waals surface area (Å²) in [5, 5.41) is 4.73. The van der Waals surface area contributed by atoms with Crippen LogP contribution in [0.4, 0.5) is 0 Å². The first-order chi connectivity index (χ1) is 15.4. The monoisotopic (exact) mass is 454 g/mol. The molecule has 6 rings (SSSR count). The number of nitrogens with zero attached hydrogens (tertiary/aromatic N) is 3. The van der Waals surface area contributed by atoms with Crippen LogP contribution in [0.1, 0.15) is 44.9 Å². The molecule has 0 atom stereocenters. The van der Waals surface area contributed by atoms with Crippen molar-refractivity contribution in [2.45, 2.75) is 62.2 Å². The summed E-state index contributed by atoms with van der Waals surface area (Å²) in [6.45, 7) is 1.50. The van der Waals surface area contributed by atoms with Crippen LogP contribution in [0, 0.1) is 17.8 Å². The maximum absolute atomic E-state index is 13.2. The Morgan fingerprint density at radius 2 is 1.81 bits per heavy atom. The van der Waals surface area contributed by atoms with Crippen molar-refractivity contribution < 1.29 is 4.79 Å². The van der Waals surface area contributed by atoms with Crippen LogP contribution in [-0.2, 0) is 11.3 Å². The quantitative estimate of drug-likeness (QED) is 0.488. The molecule has 4 aliphatic carbocycles. The van der Waals surface area contributed by atoms with Crippen molar-refractivity contribution in [3.05, 3.63) is 34.6 Å². The van der Waals surface area contributed by atoms with Gasteiger partial charge in [-0.15, -0.1) is 0 Å². The summed E-state index contributed by atoms with van der Waals surface area (Å²) < 4.78 is 1.76. The lowest BCUT2D eigenvalue weighted by atomic mass is 9.53. The highest BCUT2D eigenvalue weighted by Crippen LogP contribution is 2.55. The molecule has 0 unspecified atom stereocenters. The van der Waals surface area contributed by atoms with Gasteiger partial charge in [-0.25, -0.2) is 4.98 Å². The molecule has 0 aliphatic heterocycles. The van der Waals surface area contributed by atoms with Gasteiger partial charge in [0, 0.05) is 12.1 Å². The minimum Gasteiger partial charge on any atom is -0.350 e. The van der Waals surface area contributed by atoms with Gasteiger partial charge in [0.05, 0.1) is 16.7 Å². The largest absolute Gasteiger partial charge is 0.350 e. The van der Waals surface area contributed by atoms with E-state index in [0.29, 0.717) is 28.4 Å². The predicted molar refractivity (Wildman–Crippen MR) is 129 cm³/mol. The van der Waals surface area contributed by atoms with Gasteiger partial charge >= 0.3 is 0 Å². The molecular formula is C25H34N4O2S. The third-order valence-corrected chi connectivity index (χ3v) is 8.57. The van der Waals surface area contributed by atoms with Crippen LogP contribution in [-0.4, -0.2) is 52.3 Å². The number of benzene rings is 1. The maximum atomic E-state index is 13.2. The molecule has 1 aromatic carbocycles. The van der Waals surface area contributed by atoms with Crippen LogP contribution >= 0.6 is 11.8 Å². The van der Waals surface area contributed by atoms with Crippen molar-refractivity contribution in [3.8, 4) is 0 Å². The first-order valence-corrected chi connectivity index (χ1v) is 13.0. The Morgan fingerprint density at radius 3 is 2.47 bits per heavy atom. The number of fused-ring (bicyclic) bond motifs is 1. The van der Waals surface area contributed by atoms with E-state index in [2.05, 4.69) is 10.2 Å². The molecule has 0 spiro atoms. The molecular weight excluding hydrogens is 420 g/mol. The van der Waals surface area contributed by atoms with Gasteiger partial charge in [0.25, 0.3) is 5.56 Å². The zero-order chi connectivity index (χ0) is 22.3. The second-order valence-electron chi connectivity index (χ2n) is 10.6. The molecule has 0 saturated heterocycles. The van der Waals surface area contributed by atoms with Crippen LogP contribution in [0.15, 0.2) is 34.2 Å². The standard InChI is InChI=1S/C25H34N4O2S/c1-28(2)8-5-9-29-23(31)20-6-3-4-7-21(20)26-24(29)32-16-22(30)27-25-13-17-10-18(14-25)12-19(11-17)15-25/h3-4,6-7,17-19H,5,8-16H2,1-2H3,(H,27,30). The minimum absolute atomic E-state index is 0.0154. The highest BCUT2D eigenvalue weighted by atomic mass is 32.2. The number of aromatic nitrogens is 2. The SMILES string of the molecule is CN(C)CCCn1c(SCC(=O)NC23CC4CC(CC(C4)C2)C3)nc2ccccc2c1=O. The molecule has 1 aromatic heterocycles. The maximum Gasteiger partial charge on any atom is 0.262 e. The molecule has 6 nitrogen and oxygen atoms in total. The number of thioether (sulfide) groups is 1. The van der Waals surface area contributed by atoms with Crippen molar-refractivity contribution >= 4 is 28.6 Å².